The maximum absolute atomic E-state index is 2.30. The van der Waals surface area contributed by atoms with Crippen molar-refractivity contribution in [2.24, 2.45) is 10.8 Å². The van der Waals surface area contributed by atoms with Gasteiger partial charge in [0.1, 0.15) is 0 Å². The first kappa shape index (κ1) is 6.21. The van der Waals surface area contributed by atoms with E-state index in [1.165, 1.54) is 12.8 Å². The fourth-order valence-electron chi connectivity index (χ4n) is 1.16. The quantitative estimate of drug-likeness (QED) is 0.520. The van der Waals surface area contributed by atoms with E-state index in [1.54, 1.807) is 0 Å². The van der Waals surface area contributed by atoms with Crippen LogP contribution in [0.5, 0.6) is 0 Å². The molecular formula is C10H14. The third kappa shape index (κ3) is 1.16. The molecule has 0 saturated carbocycles. The summed E-state index contributed by atoms with van der Waals surface area (Å²) in [5.74, 6) is 0. The van der Waals surface area contributed by atoms with Crippen molar-refractivity contribution in [2.45, 2.75) is 26.7 Å². The summed E-state index contributed by atoms with van der Waals surface area (Å²) in [6, 6.07) is 0. The molecule has 0 radical (unpaired) electrons. The van der Waals surface area contributed by atoms with Crippen molar-refractivity contribution in [1.29, 1.82) is 0 Å². The molecule has 0 nitrogen and oxygen atoms in total. The monoisotopic (exact) mass is 134 g/mol. The van der Waals surface area contributed by atoms with Crippen LogP contribution >= 0.6 is 0 Å². The second-order valence-corrected chi connectivity index (χ2v) is 4.18. The Morgan fingerprint density at radius 1 is 0.800 bits per heavy atom. The Balaban J connectivity index is 1.73. The van der Waals surface area contributed by atoms with Crippen molar-refractivity contribution >= 4 is 0 Å². The van der Waals surface area contributed by atoms with Crippen molar-refractivity contribution in [2.75, 3.05) is 0 Å². The zero-order valence-corrected chi connectivity index (χ0v) is 6.72. The first-order valence-electron chi connectivity index (χ1n) is 4.03. The second kappa shape index (κ2) is 1.55. The maximum Gasteiger partial charge on any atom is 0.00337 e. The van der Waals surface area contributed by atoms with E-state index in [0.717, 1.165) is 0 Å². The molecule has 54 valence electrons. The standard InChI is InChI=1S/C10H14/c1-9(3-4-9)7-8-10(2)5-6-10/h3-6H,7-8H2,1-2H3. The molecule has 0 aliphatic heterocycles. The van der Waals surface area contributed by atoms with Crippen LogP contribution in [-0.4, -0.2) is 0 Å². The van der Waals surface area contributed by atoms with E-state index in [9.17, 15) is 0 Å². The van der Waals surface area contributed by atoms with Crippen LogP contribution in [0.25, 0.3) is 0 Å². The minimum absolute atomic E-state index is 0.507. The number of rotatable bonds is 3. The van der Waals surface area contributed by atoms with Gasteiger partial charge in [-0.05, 0) is 12.8 Å². The molecule has 0 atom stereocenters. The minimum Gasteiger partial charge on any atom is -0.0780 e. The average Bonchev–Trinajstić information content (AvgIpc) is 2.72. The van der Waals surface area contributed by atoms with E-state index >= 15 is 0 Å². The van der Waals surface area contributed by atoms with Crippen LogP contribution in [0.3, 0.4) is 0 Å². The van der Waals surface area contributed by atoms with Crippen molar-refractivity contribution in [3.8, 4) is 0 Å². The molecule has 0 aromatic heterocycles. The van der Waals surface area contributed by atoms with Crippen molar-refractivity contribution in [1.82, 2.24) is 0 Å². The van der Waals surface area contributed by atoms with E-state index in [4.69, 9.17) is 0 Å². The van der Waals surface area contributed by atoms with Gasteiger partial charge in [-0.25, -0.2) is 0 Å². The number of hydrogen-bond acceptors (Lipinski definition) is 0. The third-order valence-corrected chi connectivity index (χ3v) is 2.67. The molecule has 0 aromatic rings. The number of allylic oxidation sites excluding steroid dienone is 4. The van der Waals surface area contributed by atoms with Crippen LogP contribution in [-0.2, 0) is 0 Å². The van der Waals surface area contributed by atoms with Gasteiger partial charge in [0.25, 0.3) is 0 Å². The van der Waals surface area contributed by atoms with E-state index in [-0.39, 0.29) is 0 Å². The highest BCUT2D eigenvalue weighted by molar-refractivity contribution is 5.27. The zero-order chi connectivity index (χ0) is 7.24. The van der Waals surface area contributed by atoms with Crippen molar-refractivity contribution in [3.63, 3.8) is 0 Å². The molecule has 2 aliphatic carbocycles. The molecule has 0 fully saturated rings. The van der Waals surface area contributed by atoms with Gasteiger partial charge >= 0.3 is 0 Å². The molecule has 0 saturated heterocycles. The molecule has 0 amide bonds. The molecular weight excluding hydrogens is 120 g/mol. The summed E-state index contributed by atoms with van der Waals surface area (Å²) in [6.07, 6.45) is 11.9. The van der Waals surface area contributed by atoms with Crippen LogP contribution in [0, 0.1) is 10.8 Å². The van der Waals surface area contributed by atoms with Gasteiger partial charge in [0.2, 0.25) is 0 Å². The normalized spacial score (nSPS) is 28.6. The number of hydrogen-bond donors (Lipinski definition) is 0. The average molecular weight is 134 g/mol. The Kier molecular flexibility index (Phi) is 0.964. The molecule has 0 aromatic carbocycles. The van der Waals surface area contributed by atoms with Crippen molar-refractivity contribution < 1.29 is 0 Å². The van der Waals surface area contributed by atoms with Gasteiger partial charge < -0.3 is 0 Å². The lowest BCUT2D eigenvalue weighted by atomic mass is 9.91. The largest absolute Gasteiger partial charge is 0.0780 e. The van der Waals surface area contributed by atoms with Gasteiger partial charge in [0, 0.05) is 10.8 Å². The molecule has 2 rings (SSSR count). The minimum atomic E-state index is 0.507. The Hall–Kier alpha value is -0.520. The molecule has 0 unspecified atom stereocenters. The van der Waals surface area contributed by atoms with Crippen LogP contribution in [0.15, 0.2) is 24.3 Å². The molecule has 10 heavy (non-hydrogen) atoms. The van der Waals surface area contributed by atoms with E-state index in [2.05, 4.69) is 38.2 Å². The van der Waals surface area contributed by atoms with E-state index in [0.29, 0.717) is 10.8 Å². The summed E-state index contributed by atoms with van der Waals surface area (Å²) in [5.41, 5.74) is 1.01. The summed E-state index contributed by atoms with van der Waals surface area (Å²) >= 11 is 0. The fourth-order valence-corrected chi connectivity index (χ4v) is 1.16. The molecule has 0 heteroatoms. The van der Waals surface area contributed by atoms with Crippen molar-refractivity contribution in [3.05, 3.63) is 24.3 Å². The maximum atomic E-state index is 2.30. The summed E-state index contributed by atoms with van der Waals surface area (Å²) < 4.78 is 0. The SMILES string of the molecule is CC1(CCC2(C)C=C2)C=C1. The van der Waals surface area contributed by atoms with E-state index < -0.39 is 0 Å². The lowest BCUT2D eigenvalue weighted by Crippen LogP contribution is -2.02. The second-order valence-electron chi connectivity index (χ2n) is 4.18. The van der Waals surface area contributed by atoms with Crippen LogP contribution < -0.4 is 0 Å². The van der Waals surface area contributed by atoms with Crippen LogP contribution in [0.4, 0.5) is 0 Å². The van der Waals surface area contributed by atoms with Gasteiger partial charge in [-0.2, -0.15) is 0 Å². The third-order valence-electron chi connectivity index (χ3n) is 2.67. The first-order chi connectivity index (χ1) is 4.62. The smallest absolute Gasteiger partial charge is 0.00337 e. The molecule has 0 bridgehead atoms. The zero-order valence-electron chi connectivity index (χ0n) is 6.72. The Morgan fingerprint density at radius 2 is 1.10 bits per heavy atom. The van der Waals surface area contributed by atoms with Crippen LogP contribution in [0.2, 0.25) is 0 Å². The fraction of sp³-hybridized carbons (Fsp3) is 0.600. The van der Waals surface area contributed by atoms with Gasteiger partial charge in [-0.15, -0.1) is 0 Å². The van der Waals surface area contributed by atoms with Gasteiger partial charge in [0.15, 0.2) is 0 Å². The van der Waals surface area contributed by atoms with Crippen LogP contribution in [0.1, 0.15) is 26.7 Å². The highest BCUT2D eigenvalue weighted by Crippen LogP contribution is 2.46. The molecule has 2 aliphatic rings. The topological polar surface area (TPSA) is 0 Å². The highest BCUT2D eigenvalue weighted by atomic mass is 14.4. The lowest BCUT2D eigenvalue weighted by Gasteiger charge is -2.12. The summed E-state index contributed by atoms with van der Waals surface area (Å²) in [7, 11) is 0. The first-order valence-corrected chi connectivity index (χ1v) is 4.03. The Labute approximate surface area is 62.6 Å². The summed E-state index contributed by atoms with van der Waals surface area (Å²) in [6.45, 7) is 4.61. The molecule has 0 N–H and O–H groups in total. The molecule has 0 heterocycles. The predicted molar refractivity (Wildman–Crippen MR) is 43.7 cm³/mol. The Morgan fingerprint density at radius 3 is 1.30 bits per heavy atom. The highest BCUT2D eigenvalue weighted by Gasteiger charge is 2.34. The summed E-state index contributed by atoms with van der Waals surface area (Å²) in [5, 5.41) is 0. The van der Waals surface area contributed by atoms with Gasteiger partial charge in [-0.3, -0.25) is 0 Å². The Bertz CT molecular complexity index is 172. The van der Waals surface area contributed by atoms with E-state index in [1.807, 2.05) is 0 Å². The van der Waals surface area contributed by atoms with Gasteiger partial charge in [0.05, 0.1) is 0 Å². The lowest BCUT2D eigenvalue weighted by molar-refractivity contribution is 0.458. The molecule has 0 spiro atoms. The predicted octanol–water partition coefficient (Wildman–Crippen LogP) is 2.92. The summed E-state index contributed by atoms with van der Waals surface area (Å²) in [4.78, 5) is 0. The van der Waals surface area contributed by atoms with Gasteiger partial charge in [-0.1, -0.05) is 38.2 Å².